The second kappa shape index (κ2) is 5.88. The molecule has 4 rings (SSSR count). The third-order valence-corrected chi connectivity index (χ3v) is 4.02. The van der Waals surface area contributed by atoms with E-state index >= 15 is 0 Å². The highest BCUT2D eigenvalue weighted by Crippen LogP contribution is 2.22. The number of anilines is 1. The molecule has 24 heavy (non-hydrogen) atoms. The van der Waals surface area contributed by atoms with Crippen LogP contribution in [0.5, 0.6) is 0 Å². The molecule has 0 radical (unpaired) electrons. The normalized spacial score (nSPS) is 13.6. The van der Waals surface area contributed by atoms with E-state index in [1.165, 1.54) is 12.1 Å². The van der Waals surface area contributed by atoms with Crippen molar-refractivity contribution < 1.29 is 9.18 Å². The largest absolute Gasteiger partial charge is 0.384 e. The van der Waals surface area contributed by atoms with Gasteiger partial charge in [-0.25, -0.2) is 4.39 Å². The molecule has 0 saturated heterocycles. The highest BCUT2D eigenvalue weighted by molar-refractivity contribution is 5.91. The van der Waals surface area contributed by atoms with Crippen LogP contribution >= 0.6 is 0 Å². The molecule has 0 saturated carbocycles. The molecule has 0 spiro atoms. The number of rotatable bonds is 4. The van der Waals surface area contributed by atoms with Gasteiger partial charge in [0.15, 0.2) is 0 Å². The minimum Gasteiger partial charge on any atom is -0.384 e. The quantitative estimate of drug-likeness (QED) is 0.756. The summed E-state index contributed by atoms with van der Waals surface area (Å²) in [7, 11) is 0. The summed E-state index contributed by atoms with van der Waals surface area (Å²) < 4.78 is 15.1. The summed E-state index contributed by atoms with van der Waals surface area (Å²) in [6.45, 7) is 1.89. The van der Waals surface area contributed by atoms with E-state index in [2.05, 4.69) is 25.8 Å². The SMILES string of the molecule is O=C1NCCn2c(CCNc3ccnc4cc(F)ccc34)nnc21. The minimum absolute atomic E-state index is 0.185. The molecule has 0 atom stereocenters. The third-order valence-electron chi connectivity index (χ3n) is 4.02. The predicted octanol–water partition coefficient (Wildman–Crippen LogP) is 1.36. The van der Waals surface area contributed by atoms with Crippen molar-refractivity contribution in [3.05, 3.63) is 47.9 Å². The lowest BCUT2D eigenvalue weighted by Gasteiger charge is -2.15. The molecule has 1 aliphatic heterocycles. The average molecular weight is 326 g/mol. The van der Waals surface area contributed by atoms with E-state index in [0.29, 0.717) is 37.4 Å². The van der Waals surface area contributed by atoms with Crippen LogP contribution in [0.4, 0.5) is 10.1 Å². The summed E-state index contributed by atoms with van der Waals surface area (Å²) in [5, 5.41) is 15.0. The molecule has 0 aliphatic carbocycles. The van der Waals surface area contributed by atoms with Gasteiger partial charge in [0.25, 0.3) is 5.91 Å². The zero-order chi connectivity index (χ0) is 16.5. The highest BCUT2D eigenvalue weighted by Gasteiger charge is 2.21. The monoisotopic (exact) mass is 326 g/mol. The number of nitrogens with zero attached hydrogens (tertiary/aromatic N) is 4. The van der Waals surface area contributed by atoms with E-state index < -0.39 is 0 Å². The molecular formula is C16H15FN6O. The van der Waals surface area contributed by atoms with Gasteiger partial charge in [-0.05, 0) is 18.2 Å². The number of carbonyl (C=O) groups is 1. The Balaban J connectivity index is 1.50. The number of hydrogen-bond donors (Lipinski definition) is 2. The van der Waals surface area contributed by atoms with Crippen molar-refractivity contribution in [2.45, 2.75) is 13.0 Å². The Kier molecular flexibility index (Phi) is 3.56. The van der Waals surface area contributed by atoms with Crippen LogP contribution in [-0.4, -0.2) is 38.7 Å². The first-order valence-electron chi connectivity index (χ1n) is 7.71. The lowest BCUT2D eigenvalue weighted by atomic mass is 10.2. The Morgan fingerprint density at radius 3 is 3.12 bits per heavy atom. The second-order valence-corrected chi connectivity index (χ2v) is 5.54. The van der Waals surface area contributed by atoms with Crippen molar-refractivity contribution in [3.8, 4) is 0 Å². The van der Waals surface area contributed by atoms with Gasteiger partial charge in [-0.2, -0.15) is 0 Å². The molecular weight excluding hydrogens is 311 g/mol. The zero-order valence-electron chi connectivity index (χ0n) is 12.8. The Hall–Kier alpha value is -3.03. The van der Waals surface area contributed by atoms with Gasteiger partial charge < -0.3 is 15.2 Å². The Morgan fingerprint density at radius 1 is 1.29 bits per heavy atom. The number of aromatic nitrogens is 4. The number of fused-ring (bicyclic) bond motifs is 2. The van der Waals surface area contributed by atoms with Crippen LogP contribution in [0.25, 0.3) is 10.9 Å². The molecule has 8 heteroatoms. The zero-order valence-corrected chi connectivity index (χ0v) is 12.8. The van der Waals surface area contributed by atoms with Gasteiger partial charge in [-0.15, -0.1) is 10.2 Å². The lowest BCUT2D eigenvalue weighted by Crippen LogP contribution is -2.36. The van der Waals surface area contributed by atoms with Gasteiger partial charge in [-0.3, -0.25) is 9.78 Å². The van der Waals surface area contributed by atoms with Crippen LogP contribution in [0.3, 0.4) is 0 Å². The molecule has 1 amide bonds. The number of hydrogen-bond acceptors (Lipinski definition) is 5. The van der Waals surface area contributed by atoms with Gasteiger partial charge >= 0.3 is 0 Å². The van der Waals surface area contributed by atoms with Crippen molar-refractivity contribution >= 4 is 22.5 Å². The van der Waals surface area contributed by atoms with Crippen LogP contribution in [-0.2, 0) is 13.0 Å². The van der Waals surface area contributed by atoms with E-state index in [0.717, 1.165) is 16.9 Å². The molecule has 2 N–H and O–H groups in total. The standard InChI is InChI=1S/C16H15FN6O/c17-10-1-2-11-12(3-5-19-13(11)9-10)18-6-4-14-21-22-15-16(24)20-7-8-23(14)15/h1-3,5,9H,4,6-8H2,(H,18,19)(H,20,24). The van der Waals surface area contributed by atoms with Crippen molar-refractivity contribution in [2.24, 2.45) is 0 Å². The first-order chi connectivity index (χ1) is 11.7. The molecule has 7 nitrogen and oxygen atoms in total. The van der Waals surface area contributed by atoms with E-state index in [1.54, 1.807) is 12.3 Å². The molecule has 3 aromatic rings. The predicted molar refractivity (Wildman–Crippen MR) is 86.2 cm³/mol. The fourth-order valence-corrected chi connectivity index (χ4v) is 2.87. The topological polar surface area (TPSA) is 84.7 Å². The Bertz CT molecular complexity index is 922. The smallest absolute Gasteiger partial charge is 0.289 e. The van der Waals surface area contributed by atoms with Crippen LogP contribution in [0.1, 0.15) is 16.4 Å². The number of carbonyl (C=O) groups excluding carboxylic acids is 1. The Labute approximate surface area is 136 Å². The van der Waals surface area contributed by atoms with Gasteiger partial charge in [-0.1, -0.05) is 0 Å². The van der Waals surface area contributed by atoms with E-state index in [-0.39, 0.29) is 11.7 Å². The van der Waals surface area contributed by atoms with Crippen LogP contribution in [0.2, 0.25) is 0 Å². The molecule has 2 aromatic heterocycles. The van der Waals surface area contributed by atoms with Gasteiger partial charge in [0, 0.05) is 49.4 Å². The highest BCUT2D eigenvalue weighted by atomic mass is 19.1. The van der Waals surface area contributed by atoms with E-state index in [9.17, 15) is 9.18 Å². The molecule has 0 unspecified atom stereocenters. The van der Waals surface area contributed by atoms with Crippen molar-refractivity contribution in [2.75, 3.05) is 18.4 Å². The maximum Gasteiger partial charge on any atom is 0.289 e. The molecule has 0 bridgehead atoms. The van der Waals surface area contributed by atoms with Crippen molar-refractivity contribution in [1.29, 1.82) is 0 Å². The van der Waals surface area contributed by atoms with Gasteiger partial charge in [0.1, 0.15) is 11.6 Å². The average Bonchev–Trinajstić information content (AvgIpc) is 2.99. The van der Waals surface area contributed by atoms with Gasteiger partial charge in [0.05, 0.1) is 5.52 Å². The first-order valence-corrected chi connectivity index (χ1v) is 7.71. The first kappa shape index (κ1) is 14.6. The molecule has 122 valence electrons. The third kappa shape index (κ3) is 2.55. The Morgan fingerprint density at radius 2 is 2.21 bits per heavy atom. The van der Waals surface area contributed by atoms with E-state index in [4.69, 9.17) is 0 Å². The number of benzene rings is 1. The van der Waals surface area contributed by atoms with Crippen LogP contribution in [0.15, 0.2) is 30.5 Å². The maximum absolute atomic E-state index is 13.3. The van der Waals surface area contributed by atoms with Crippen LogP contribution < -0.4 is 10.6 Å². The number of pyridine rings is 1. The fourth-order valence-electron chi connectivity index (χ4n) is 2.87. The second-order valence-electron chi connectivity index (χ2n) is 5.54. The summed E-state index contributed by atoms with van der Waals surface area (Å²) in [6, 6.07) is 6.40. The van der Waals surface area contributed by atoms with Crippen LogP contribution in [0, 0.1) is 5.82 Å². The summed E-state index contributed by atoms with van der Waals surface area (Å²) in [5.41, 5.74) is 1.49. The summed E-state index contributed by atoms with van der Waals surface area (Å²) in [6.07, 6.45) is 2.28. The number of amides is 1. The van der Waals surface area contributed by atoms with Crippen molar-refractivity contribution in [1.82, 2.24) is 25.1 Å². The summed E-state index contributed by atoms with van der Waals surface area (Å²) >= 11 is 0. The minimum atomic E-state index is -0.305. The molecule has 1 aliphatic rings. The lowest BCUT2D eigenvalue weighted by molar-refractivity contribution is 0.0921. The molecule has 0 fully saturated rings. The fraction of sp³-hybridized carbons (Fsp3) is 0.250. The van der Waals surface area contributed by atoms with Gasteiger partial charge in [0.2, 0.25) is 5.82 Å². The molecule has 1 aromatic carbocycles. The molecule has 3 heterocycles. The maximum atomic E-state index is 13.3. The summed E-state index contributed by atoms with van der Waals surface area (Å²) in [5.74, 6) is 0.647. The van der Waals surface area contributed by atoms with E-state index in [1.807, 2.05) is 10.6 Å². The number of nitrogens with one attached hydrogen (secondary N) is 2. The van der Waals surface area contributed by atoms with Crippen molar-refractivity contribution in [3.63, 3.8) is 0 Å². The number of halogens is 1. The summed E-state index contributed by atoms with van der Waals surface area (Å²) in [4.78, 5) is 15.9.